The number of ether oxygens (including phenoxy) is 1. The topological polar surface area (TPSA) is 94.4 Å². The Hall–Kier alpha value is -2.96. The van der Waals surface area contributed by atoms with Crippen molar-refractivity contribution in [1.29, 1.82) is 0 Å². The standard InChI is InChI=1S/C19H23N3O4/c1-4-14-7-9-15(10-8-14)18(13(2)3)21-17(23)12-26-16-6-5-11-20-19(16)22(24)25/h5-11,13,18H,4,12H2,1-3H3,(H,21,23)/t18-/m0/s1. The molecule has 0 aliphatic heterocycles. The summed E-state index contributed by atoms with van der Waals surface area (Å²) in [7, 11) is 0. The smallest absolute Gasteiger partial charge is 0.406 e. The summed E-state index contributed by atoms with van der Waals surface area (Å²) in [6.45, 7) is 5.81. The minimum atomic E-state index is -0.639. The molecular formula is C19H23N3O4. The number of aryl methyl sites for hydroxylation is 1. The Morgan fingerprint density at radius 1 is 1.27 bits per heavy atom. The van der Waals surface area contributed by atoms with Gasteiger partial charge in [-0.2, -0.15) is 0 Å². The van der Waals surface area contributed by atoms with Gasteiger partial charge in [0.25, 0.3) is 5.91 Å². The van der Waals surface area contributed by atoms with Crippen molar-refractivity contribution in [1.82, 2.24) is 10.3 Å². The summed E-state index contributed by atoms with van der Waals surface area (Å²) >= 11 is 0. The predicted molar refractivity (Wildman–Crippen MR) is 97.9 cm³/mol. The molecule has 7 nitrogen and oxygen atoms in total. The van der Waals surface area contributed by atoms with Crippen LogP contribution in [0.25, 0.3) is 0 Å². The van der Waals surface area contributed by atoms with Gasteiger partial charge in [-0.3, -0.25) is 4.79 Å². The van der Waals surface area contributed by atoms with E-state index in [1.807, 2.05) is 38.1 Å². The summed E-state index contributed by atoms with van der Waals surface area (Å²) in [6, 6.07) is 10.9. The van der Waals surface area contributed by atoms with E-state index in [2.05, 4.69) is 17.2 Å². The Morgan fingerprint density at radius 3 is 2.54 bits per heavy atom. The molecule has 1 N–H and O–H groups in total. The lowest BCUT2D eigenvalue weighted by Crippen LogP contribution is -2.35. The van der Waals surface area contributed by atoms with Gasteiger partial charge < -0.3 is 20.2 Å². The Kier molecular flexibility index (Phi) is 6.66. The van der Waals surface area contributed by atoms with Crippen molar-refractivity contribution < 1.29 is 14.5 Å². The monoisotopic (exact) mass is 357 g/mol. The van der Waals surface area contributed by atoms with Crippen LogP contribution in [-0.2, 0) is 11.2 Å². The third kappa shape index (κ3) is 5.02. The van der Waals surface area contributed by atoms with Crippen LogP contribution in [0.4, 0.5) is 5.82 Å². The highest BCUT2D eigenvalue weighted by atomic mass is 16.6. The van der Waals surface area contributed by atoms with Gasteiger partial charge in [-0.25, -0.2) is 0 Å². The average molecular weight is 357 g/mol. The Bertz CT molecular complexity index is 760. The zero-order valence-corrected chi connectivity index (χ0v) is 15.1. The van der Waals surface area contributed by atoms with Gasteiger partial charge in [-0.15, -0.1) is 0 Å². The molecule has 0 spiro atoms. The molecule has 0 unspecified atom stereocenters. The predicted octanol–water partition coefficient (Wildman–Crippen LogP) is 3.44. The van der Waals surface area contributed by atoms with Crippen molar-refractivity contribution in [3.8, 4) is 5.75 Å². The van der Waals surface area contributed by atoms with E-state index < -0.39 is 10.7 Å². The molecule has 0 radical (unpaired) electrons. The van der Waals surface area contributed by atoms with Crippen LogP contribution in [0.15, 0.2) is 42.6 Å². The number of aromatic nitrogens is 1. The second-order valence-electron chi connectivity index (χ2n) is 6.26. The van der Waals surface area contributed by atoms with Crippen LogP contribution >= 0.6 is 0 Å². The summed E-state index contributed by atoms with van der Waals surface area (Å²) in [5, 5.41) is 13.9. The van der Waals surface area contributed by atoms with Gasteiger partial charge in [0.05, 0.1) is 6.04 Å². The molecule has 26 heavy (non-hydrogen) atoms. The number of amides is 1. The number of hydrogen-bond acceptors (Lipinski definition) is 5. The maximum atomic E-state index is 12.3. The van der Waals surface area contributed by atoms with E-state index >= 15 is 0 Å². The van der Waals surface area contributed by atoms with E-state index in [1.165, 1.54) is 23.9 Å². The summed E-state index contributed by atoms with van der Waals surface area (Å²) in [5.74, 6) is -0.600. The van der Waals surface area contributed by atoms with Crippen molar-refractivity contribution in [3.63, 3.8) is 0 Å². The van der Waals surface area contributed by atoms with Crippen molar-refractivity contribution in [3.05, 3.63) is 63.8 Å². The Balaban J connectivity index is 2.03. The fourth-order valence-corrected chi connectivity index (χ4v) is 2.59. The summed E-state index contributed by atoms with van der Waals surface area (Å²) in [6.07, 6.45) is 2.26. The first-order valence-corrected chi connectivity index (χ1v) is 8.52. The number of nitrogens with one attached hydrogen (secondary N) is 1. The zero-order chi connectivity index (χ0) is 19.1. The molecule has 0 aliphatic carbocycles. The van der Waals surface area contributed by atoms with Crippen molar-refractivity contribution >= 4 is 11.7 Å². The van der Waals surface area contributed by atoms with Crippen LogP contribution < -0.4 is 10.1 Å². The maximum absolute atomic E-state index is 12.3. The lowest BCUT2D eigenvalue weighted by molar-refractivity contribution is -0.390. The number of nitro groups is 1. The third-order valence-electron chi connectivity index (χ3n) is 4.01. The second kappa shape index (κ2) is 8.94. The van der Waals surface area contributed by atoms with Gasteiger partial charge in [0.1, 0.15) is 6.20 Å². The van der Waals surface area contributed by atoms with Crippen LogP contribution in [-0.4, -0.2) is 22.4 Å². The quantitative estimate of drug-likeness (QED) is 0.577. The highest BCUT2D eigenvalue weighted by Gasteiger charge is 2.20. The lowest BCUT2D eigenvalue weighted by Gasteiger charge is -2.23. The molecule has 1 aromatic carbocycles. The number of hydrogen-bond donors (Lipinski definition) is 1. The minimum absolute atomic E-state index is 0.0268. The second-order valence-corrected chi connectivity index (χ2v) is 6.26. The van der Waals surface area contributed by atoms with Gasteiger partial charge in [0.2, 0.25) is 5.75 Å². The van der Waals surface area contributed by atoms with Crippen molar-refractivity contribution in [2.45, 2.75) is 33.2 Å². The SMILES string of the molecule is CCc1ccc([C@@H](NC(=O)COc2cccnc2[N+](=O)[O-])C(C)C)cc1. The number of nitrogens with zero attached hydrogens (tertiary/aromatic N) is 2. The van der Waals surface area contributed by atoms with E-state index in [0.717, 1.165) is 12.0 Å². The van der Waals surface area contributed by atoms with Crippen LogP contribution in [0, 0.1) is 16.0 Å². The van der Waals surface area contributed by atoms with Crippen LogP contribution in [0.2, 0.25) is 0 Å². The molecule has 1 atom stereocenters. The fraction of sp³-hybridized carbons (Fsp3) is 0.368. The molecule has 0 saturated heterocycles. The molecule has 0 saturated carbocycles. The van der Waals surface area contributed by atoms with E-state index in [1.54, 1.807) is 0 Å². The lowest BCUT2D eigenvalue weighted by atomic mass is 9.95. The number of carbonyl (C=O) groups is 1. The number of carbonyl (C=O) groups excluding carboxylic acids is 1. The van der Waals surface area contributed by atoms with Gasteiger partial charge in [0.15, 0.2) is 6.61 Å². The molecule has 0 bridgehead atoms. The van der Waals surface area contributed by atoms with Crippen molar-refractivity contribution in [2.24, 2.45) is 5.92 Å². The van der Waals surface area contributed by atoms with Crippen molar-refractivity contribution in [2.75, 3.05) is 6.61 Å². The largest absolute Gasteiger partial charge is 0.476 e. The van der Waals surface area contributed by atoms with E-state index in [-0.39, 0.29) is 30.2 Å². The van der Waals surface area contributed by atoms with Gasteiger partial charge in [0, 0.05) is 0 Å². The molecule has 0 fully saturated rings. The Labute approximate surface area is 152 Å². The Morgan fingerprint density at radius 2 is 1.96 bits per heavy atom. The normalized spacial score (nSPS) is 11.8. The average Bonchev–Trinajstić information content (AvgIpc) is 2.64. The molecule has 0 aliphatic rings. The summed E-state index contributed by atoms with van der Waals surface area (Å²) in [5.41, 5.74) is 2.24. The first kappa shape index (κ1) is 19.4. The summed E-state index contributed by atoms with van der Waals surface area (Å²) in [4.78, 5) is 26.2. The molecule has 7 heteroatoms. The fourth-order valence-electron chi connectivity index (χ4n) is 2.59. The van der Waals surface area contributed by atoms with Crippen LogP contribution in [0.1, 0.15) is 37.9 Å². The molecule has 2 aromatic rings. The zero-order valence-electron chi connectivity index (χ0n) is 15.1. The van der Waals surface area contributed by atoms with Gasteiger partial charge in [-0.05, 0) is 45.5 Å². The van der Waals surface area contributed by atoms with Crippen LogP contribution in [0.5, 0.6) is 5.75 Å². The van der Waals surface area contributed by atoms with E-state index in [0.29, 0.717) is 0 Å². The highest BCUT2D eigenvalue weighted by molar-refractivity contribution is 5.78. The highest BCUT2D eigenvalue weighted by Crippen LogP contribution is 2.24. The molecular weight excluding hydrogens is 334 g/mol. The van der Waals surface area contributed by atoms with E-state index in [9.17, 15) is 14.9 Å². The first-order valence-electron chi connectivity index (χ1n) is 8.52. The maximum Gasteiger partial charge on any atom is 0.406 e. The molecule has 138 valence electrons. The molecule has 1 heterocycles. The number of benzene rings is 1. The summed E-state index contributed by atoms with van der Waals surface area (Å²) < 4.78 is 5.30. The van der Waals surface area contributed by atoms with Gasteiger partial charge in [-0.1, -0.05) is 45.0 Å². The van der Waals surface area contributed by atoms with E-state index in [4.69, 9.17) is 4.74 Å². The molecule has 1 amide bonds. The number of rotatable bonds is 8. The first-order chi connectivity index (χ1) is 12.4. The number of pyridine rings is 1. The van der Waals surface area contributed by atoms with Gasteiger partial charge >= 0.3 is 5.82 Å². The van der Waals surface area contributed by atoms with Crippen LogP contribution in [0.3, 0.4) is 0 Å². The molecule has 2 rings (SSSR count). The molecule has 1 aromatic heterocycles. The third-order valence-corrected chi connectivity index (χ3v) is 4.01. The minimum Gasteiger partial charge on any atom is -0.476 e.